The molecule has 0 spiro atoms. The predicted molar refractivity (Wildman–Crippen MR) is 136 cm³/mol. The molecule has 4 nitrogen and oxygen atoms in total. The number of ether oxygens (including phenoxy) is 2. The van der Waals surface area contributed by atoms with Crippen LogP contribution in [-0.2, 0) is 0 Å². The number of nitrogens with one attached hydrogen (secondary N) is 1. The maximum Gasteiger partial charge on any atom is 0.133 e. The van der Waals surface area contributed by atoms with Crippen molar-refractivity contribution in [3.8, 4) is 11.5 Å². The number of halogens is 2. The molecular weight excluding hydrogens is 455 g/mol. The van der Waals surface area contributed by atoms with Gasteiger partial charge in [-0.3, -0.25) is 4.99 Å². The predicted octanol–water partition coefficient (Wildman–Crippen LogP) is 7.40. The number of nitrogens with zero attached hydrogens (tertiary/aromatic N) is 1. The Morgan fingerprint density at radius 1 is 0.758 bits per heavy atom. The molecule has 3 aromatic rings. The third-order valence-electron chi connectivity index (χ3n) is 5.26. The number of amidine groups is 1. The summed E-state index contributed by atoms with van der Waals surface area (Å²) in [5.74, 6) is 2.30. The first kappa shape index (κ1) is 23.5. The lowest BCUT2D eigenvalue weighted by atomic mass is 9.95. The van der Waals surface area contributed by atoms with E-state index in [1.54, 1.807) is 0 Å². The molecule has 0 bridgehead atoms. The van der Waals surface area contributed by atoms with Crippen LogP contribution in [0, 0.1) is 0 Å². The van der Waals surface area contributed by atoms with Crippen LogP contribution in [0.15, 0.2) is 71.7 Å². The third kappa shape index (κ3) is 5.63. The van der Waals surface area contributed by atoms with Crippen LogP contribution in [0.1, 0.15) is 56.5 Å². The first-order valence-electron chi connectivity index (χ1n) is 11.1. The number of rotatable bonds is 7. The largest absolute Gasteiger partial charge is 0.491 e. The lowest BCUT2D eigenvalue weighted by Gasteiger charge is -2.21. The summed E-state index contributed by atoms with van der Waals surface area (Å²) in [4.78, 5) is 5.12. The number of benzene rings is 3. The van der Waals surface area contributed by atoms with Crippen LogP contribution in [0.25, 0.3) is 0 Å². The van der Waals surface area contributed by atoms with Gasteiger partial charge in [-0.15, -0.1) is 0 Å². The fourth-order valence-electron chi connectivity index (χ4n) is 3.88. The summed E-state index contributed by atoms with van der Waals surface area (Å²) in [5.41, 5.74) is 3.04. The molecule has 0 amide bonds. The molecule has 1 aliphatic rings. The lowest BCUT2D eigenvalue weighted by molar-refractivity contribution is 0.234. The zero-order chi connectivity index (χ0) is 23.5. The van der Waals surface area contributed by atoms with E-state index in [1.165, 1.54) is 0 Å². The Bertz CT molecular complexity index is 1130. The quantitative estimate of drug-likeness (QED) is 0.381. The van der Waals surface area contributed by atoms with Crippen molar-refractivity contribution in [2.45, 2.75) is 52.0 Å². The molecule has 6 heteroatoms. The molecule has 1 aliphatic heterocycles. The van der Waals surface area contributed by atoms with E-state index in [4.69, 9.17) is 37.7 Å². The summed E-state index contributed by atoms with van der Waals surface area (Å²) in [6, 6.07) is 21.4. The average molecular weight is 483 g/mol. The summed E-state index contributed by atoms with van der Waals surface area (Å²) in [5, 5.41) is 5.04. The van der Waals surface area contributed by atoms with E-state index in [9.17, 15) is 0 Å². The van der Waals surface area contributed by atoms with Gasteiger partial charge in [-0.05, 0) is 81.3 Å². The Hall–Kier alpha value is -2.69. The molecule has 2 atom stereocenters. The molecule has 3 aromatic carbocycles. The molecule has 4 rings (SSSR count). The van der Waals surface area contributed by atoms with Gasteiger partial charge in [0.25, 0.3) is 0 Å². The molecular formula is C27H28Cl2N2O2. The molecule has 0 fully saturated rings. The molecule has 0 saturated carbocycles. The first-order valence-corrected chi connectivity index (χ1v) is 11.9. The van der Waals surface area contributed by atoms with Crippen LogP contribution >= 0.6 is 23.2 Å². The second kappa shape index (κ2) is 10.1. The van der Waals surface area contributed by atoms with Crippen LogP contribution in [0.2, 0.25) is 10.0 Å². The highest BCUT2D eigenvalue weighted by molar-refractivity contribution is 6.30. The fourth-order valence-corrected chi connectivity index (χ4v) is 4.14. The normalized spacial score (nSPS) is 17.8. The van der Waals surface area contributed by atoms with Gasteiger partial charge < -0.3 is 14.8 Å². The van der Waals surface area contributed by atoms with Gasteiger partial charge in [0.2, 0.25) is 0 Å². The second-order valence-corrected chi connectivity index (χ2v) is 9.51. The van der Waals surface area contributed by atoms with Crippen molar-refractivity contribution < 1.29 is 9.47 Å². The Kier molecular flexibility index (Phi) is 7.16. The third-order valence-corrected chi connectivity index (χ3v) is 5.76. The van der Waals surface area contributed by atoms with E-state index in [0.717, 1.165) is 34.0 Å². The van der Waals surface area contributed by atoms with Crippen molar-refractivity contribution in [3.63, 3.8) is 0 Å². The van der Waals surface area contributed by atoms with Gasteiger partial charge in [-0.1, -0.05) is 47.5 Å². The van der Waals surface area contributed by atoms with E-state index >= 15 is 0 Å². The molecule has 172 valence electrons. The number of aliphatic imine (C=N–C) groups is 1. The second-order valence-electron chi connectivity index (χ2n) is 8.64. The highest BCUT2D eigenvalue weighted by Crippen LogP contribution is 2.39. The van der Waals surface area contributed by atoms with Crippen LogP contribution in [0.4, 0.5) is 0 Å². The minimum Gasteiger partial charge on any atom is -0.491 e. The summed E-state index contributed by atoms with van der Waals surface area (Å²) >= 11 is 12.3. The standard InChI is InChI=1S/C27H28Cl2N2O2/c1-16(2)32-22-13-14-24(33-17(3)4)23(15-22)27-30-25(18-5-9-20(28)10-6-18)26(31-27)19-7-11-21(29)12-8-19/h5-17,25-26H,1-4H3,(H,30,31). The van der Waals surface area contributed by atoms with Crippen LogP contribution in [0.3, 0.4) is 0 Å². The van der Waals surface area contributed by atoms with Crippen molar-refractivity contribution in [2.75, 3.05) is 0 Å². The van der Waals surface area contributed by atoms with Gasteiger partial charge in [0, 0.05) is 10.0 Å². The summed E-state index contributed by atoms with van der Waals surface area (Å²) < 4.78 is 12.1. The first-order chi connectivity index (χ1) is 15.8. The van der Waals surface area contributed by atoms with Crippen LogP contribution in [0.5, 0.6) is 11.5 Å². The highest BCUT2D eigenvalue weighted by atomic mass is 35.5. The SMILES string of the molecule is CC(C)Oc1ccc(OC(C)C)c(C2=NC(c3ccc(Cl)cc3)C(c3ccc(Cl)cc3)N2)c1. The highest BCUT2D eigenvalue weighted by Gasteiger charge is 2.33. The van der Waals surface area contributed by atoms with E-state index in [0.29, 0.717) is 10.0 Å². The molecule has 1 N–H and O–H groups in total. The molecule has 33 heavy (non-hydrogen) atoms. The van der Waals surface area contributed by atoms with E-state index in [-0.39, 0.29) is 24.3 Å². The minimum atomic E-state index is -0.139. The van der Waals surface area contributed by atoms with Crippen molar-refractivity contribution >= 4 is 29.0 Å². The summed E-state index contributed by atoms with van der Waals surface area (Å²) in [6.07, 6.45) is 0.0959. The van der Waals surface area contributed by atoms with Crippen LogP contribution in [-0.4, -0.2) is 18.0 Å². The monoisotopic (exact) mass is 482 g/mol. The molecule has 1 heterocycles. The molecule has 0 saturated heterocycles. The van der Waals surface area contributed by atoms with Crippen molar-refractivity contribution in [3.05, 3.63) is 93.5 Å². The van der Waals surface area contributed by atoms with E-state index in [1.807, 2.05) is 94.4 Å². The fraction of sp³-hybridized carbons (Fsp3) is 0.296. The molecule has 2 unspecified atom stereocenters. The Morgan fingerprint density at radius 2 is 1.33 bits per heavy atom. The topological polar surface area (TPSA) is 42.9 Å². The zero-order valence-corrected chi connectivity index (χ0v) is 20.7. The summed E-state index contributed by atoms with van der Waals surface area (Å²) in [7, 11) is 0. The Morgan fingerprint density at radius 3 is 1.91 bits per heavy atom. The average Bonchev–Trinajstić information content (AvgIpc) is 3.20. The van der Waals surface area contributed by atoms with Gasteiger partial charge in [-0.25, -0.2) is 0 Å². The van der Waals surface area contributed by atoms with Gasteiger partial charge in [0.15, 0.2) is 0 Å². The zero-order valence-electron chi connectivity index (χ0n) is 19.2. The number of hydrogen-bond donors (Lipinski definition) is 1. The Labute approximate surface area is 205 Å². The minimum absolute atomic E-state index is 0.0294. The molecule has 0 aromatic heterocycles. The van der Waals surface area contributed by atoms with Crippen LogP contribution < -0.4 is 14.8 Å². The van der Waals surface area contributed by atoms with E-state index < -0.39 is 0 Å². The smallest absolute Gasteiger partial charge is 0.133 e. The van der Waals surface area contributed by atoms with Crippen molar-refractivity contribution in [2.24, 2.45) is 4.99 Å². The molecule has 0 radical (unpaired) electrons. The number of hydrogen-bond acceptors (Lipinski definition) is 4. The lowest BCUT2D eigenvalue weighted by Crippen LogP contribution is -2.26. The van der Waals surface area contributed by atoms with Gasteiger partial charge in [0.05, 0.1) is 23.8 Å². The Balaban J connectivity index is 1.78. The van der Waals surface area contributed by atoms with Gasteiger partial charge in [-0.2, -0.15) is 0 Å². The van der Waals surface area contributed by atoms with Gasteiger partial charge in [0.1, 0.15) is 23.4 Å². The van der Waals surface area contributed by atoms with Crippen molar-refractivity contribution in [1.29, 1.82) is 0 Å². The van der Waals surface area contributed by atoms with Gasteiger partial charge >= 0.3 is 0 Å². The maximum atomic E-state index is 6.15. The molecule has 0 aliphatic carbocycles. The van der Waals surface area contributed by atoms with Crippen molar-refractivity contribution in [1.82, 2.24) is 5.32 Å². The summed E-state index contributed by atoms with van der Waals surface area (Å²) in [6.45, 7) is 8.05. The van der Waals surface area contributed by atoms with E-state index in [2.05, 4.69) is 5.32 Å². The maximum absolute atomic E-state index is 6.15.